The van der Waals surface area contributed by atoms with Gasteiger partial charge in [-0.3, -0.25) is 8.42 Å². The van der Waals surface area contributed by atoms with Crippen LogP contribution in [0.3, 0.4) is 0 Å². The molecule has 0 amide bonds. The van der Waals surface area contributed by atoms with E-state index in [9.17, 15) is 13.5 Å². The Morgan fingerprint density at radius 1 is 0.733 bits per heavy atom. The first-order valence-corrected chi connectivity index (χ1v) is 12.6. The minimum atomic E-state index is -1.40. The highest BCUT2D eigenvalue weighted by molar-refractivity contribution is 7.90. The zero-order valence-corrected chi connectivity index (χ0v) is 20.2. The highest BCUT2D eigenvalue weighted by Gasteiger charge is 2.51. The molecule has 0 saturated heterocycles. The predicted molar refractivity (Wildman–Crippen MR) is 128 cm³/mol. The summed E-state index contributed by atoms with van der Waals surface area (Å²) in [5.41, 5.74) is -0.674. The van der Waals surface area contributed by atoms with Crippen LogP contribution in [0.25, 0.3) is 0 Å². The Bertz CT molecular complexity index is 912. The first-order chi connectivity index (χ1) is 13.9. The quantitative estimate of drug-likeness (QED) is 0.687. The second-order valence-corrected chi connectivity index (χ2v) is 14.3. The lowest BCUT2D eigenvalue weighted by atomic mass is 9.73. The second kappa shape index (κ2) is 8.18. The van der Waals surface area contributed by atoms with Gasteiger partial charge in [0.2, 0.25) is 0 Å². The van der Waals surface area contributed by atoms with E-state index in [4.69, 9.17) is 0 Å². The van der Waals surface area contributed by atoms with Crippen LogP contribution in [0.15, 0.2) is 76.6 Å². The van der Waals surface area contributed by atoms with Crippen molar-refractivity contribution in [1.82, 2.24) is 0 Å². The minimum Gasteiger partial charge on any atom is -0.383 e. The van der Waals surface area contributed by atoms with E-state index in [1.807, 2.05) is 108 Å². The van der Waals surface area contributed by atoms with Crippen molar-refractivity contribution >= 4 is 21.6 Å². The van der Waals surface area contributed by atoms with Gasteiger partial charge in [0.25, 0.3) is 0 Å². The van der Waals surface area contributed by atoms with Crippen LogP contribution in [0.5, 0.6) is 0 Å². The molecule has 5 heteroatoms. The van der Waals surface area contributed by atoms with E-state index in [0.29, 0.717) is 9.81 Å². The number of hydrogen-bond donors (Lipinski definition) is 1. The summed E-state index contributed by atoms with van der Waals surface area (Å²) >= 11 is 0. The van der Waals surface area contributed by atoms with Gasteiger partial charge in [-0.25, -0.2) is 0 Å². The van der Waals surface area contributed by atoms with Crippen molar-refractivity contribution in [3.05, 3.63) is 82.2 Å². The summed E-state index contributed by atoms with van der Waals surface area (Å²) in [6.45, 7) is 11.6. The predicted octanol–water partition coefficient (Wildman–Crippen LogP) is 5.11. The highest BCUT2D eigenvalue weighted by atomic mass is 32.2. The van der Waals surface area contributed by atoms with Crippen LogP contribution in [-0.4, -0.2) is 23.0 Å². The Labute approximate surface area is 185 Å². The van der Waals surface area contributed by atoms with Crippen molar-refractivity contribution in [2.24, 2.45) is 11.8 Å². The molecule has 3 rings (SSSR count). The van der Waals surface area contributed by atoms with Crippen molar-refractivity contribution in [3.8, 4) is 0 Å². The van der Waals surface area contributed by atoms with E-state index in [1.54, 1.807) is 0 Å². The summed E-state index contributed by atoms with van der Waals surface area (Å²) in [7, 11) is -2.57. The molecule has 2 aliphatic carbocycles. The third-order valence-corrected chi connectivity index (χ3v) is 9.33. The summed E-state index contributed by atoms with van der Waals surface area (Å²) in [5.74, 6) is -0.957. The summed E-state index contributed by atoms with van der Waals surface area (Å²) < 4.78 is 25.8. The van der Waals surface area contributed by atoms with Crippen molar-refractivity contribution in [2.45, 2.75) is 56.6 Å². The molecule has 3 nitrogen and oxygen atoms in total. The normalized spacial score (nSPS) is 25.6. The molecule has 2 aliphatic rings. The van der Waals surface area contributed by atoms with Gasteiger partial charge in [-0.1, -0.05) is 54.6 Å². The first kappa shape index (κ1) is 23.1. The molecule has 162 valence electrons. The van der Waals surface area contributed by atoms with Gasteiger partial charge >= 0.3 is 0 Å². The molecule has 1 aromatic rings. The molecule has 4 atom stereocenters. The number of aliphatic hydroxyl groups is 1. The molecule has 0 bridgehead atoms. The molecule has 0 heterocycles. The fourth-order valence-electron chi connectivity index (χ4n) is 3.97. The molecule has 1 N–H and O–H groups in total. The summed E-state index contributed by atoms with van der Waals surface area (Å²) in [5, 5.41) is 12.4. The van der Waals surface area contributed by atoms with E-state index in [2.05, 4.69) is 0 Å². The summed E-state index contributed by atoms with van der Waals surface area (Å²) in [6, 6.07) is 9.49. The molecule has 0 saturated carbocycles. The maximum atomic E-state index is 13.3. The van der Waals surface area contributed by atoms with Crippen LogP contribution >= 0.6 is 0 Å². The van der Waals surface area contributed by atoms with Crippen LogP contribution < -0.4 is 0 Å². The van der Waals surface area contributed by atoms with Crippen LogP contribution in [0.4, 0.5) is 0 Å². The zero-order chi connectivity index (χ0) is 22.3. The van der Waals surface area contributed by atoms with Gasteiger partial charge in [0.05, 0.1) is 21.6 Å². The molecule has 0 radical (unpaired) electrons. The average Bonchev–Trinajstić information content (AvgIpc) is 3.35. The Morgan fingerprint density at radius 2 is 1.13 bits per heavy atom. The monoisotopic (exact) mass is 444 g/mol. The zero-order valence-electron chi connectivity index (χ0n) is 18.6. The second-order valence-electron chi connectivity index (χ2n) is 9.82. The number of benzene rings is 1. The molecule has 30 heavy (non-hydrogen) atoms. The van der Waals surface area contributed by atoms with E-state index >= 15 is 0 Å². The number of hydrogen-bond acceptors (Lipinski definition) is 3. The van der Waals surface area contributed by atoms with Crippen LogP contribution in [-0.2, 0) is 27.2 Å². The summed E-state index contributed by atoms with van der Waals surface area (Å²) in [6.07, 6.45) is 11.3. The Balaban J connectivity index is 2.15. The van der Waals surface area contributed by atoms with Crippen LogP contribution in [0.1, 0.15) is 47.1 Å². The van der Waals surface area contributed by atoms with Crippen molar-refractivity contribution in [1.29, 1.82) is 0 Å². The molecular formula is C25H32O3S2. The van der Waals surface area contributed by atoms with E-state index in [1.165, 1.54) is 0 Å². The fourth-order valence-corrected chi connectivity index (χ4v) is 6.76. The number of allylic oxidation sites excluding steroid dienone is 4. The van der Waals surface area contributed by atoms with Gasteiger partial charge in [-0.05, 0) is 59.3 Å². The standard InChI is InChI=1S/C25H32O3S2/c1-23(2,3)29(27)21-16-10-14-19(21)25(26,18-12-8-7-9-13-18)20-15-11-17-22(20)30(28)24(4,5)6/h7-17,19-20,26H,1-6H3. The van der Waals surface area contributed by atoms with Gasteiger partial charge < -0.3 is 5.11 Å². The van der Waals surface area contributed by atoms with Crippen molar-refractivity contribution in [2.75, 3.05) is 0 Å². The molecule has 0 aromatic heterocycles. The third-order valence-electron chi connectivity index (χ3n) is 5.47. The largest absolute Gasteiger partial charge is 0.383 e. The molecule has 0 spiro atoms. The lowest BCUT2D eigenvalue weighted by Gasteiger charge is -2.42. The molecule has 1 aromatic carbocycles. The molecule has 0 fully saturated rings. The van der Waals surface area contributed by atoms with E-state index < -0.39 is 48.5 Å². The molecule has 4 unspecified atom stereocenters. The first-order valence-electron chi connectivity index (χ1n) is 10.3. The lowest BCUT2D eigenvalue weighted by molar-refractivity contribution is -0.0157. The Kier molecular flexibility index (Phi) is 6.30. The summed E-state index contributed by atoms with van der Waals surface area (Å²) in [4.78, 5) is 1.41. The van der Waals surface area contributed by atoms with Gasteiger partial charge in [0.15, 0.2) is 0 Å². The van der Waals surface area contributed by atoms with Crippen LogP contribution in [0, 0.1) is 11.8 Å². The molecular weight excluding hydrogens is 412 g/mol. The van der Waals surface area contributed by atoms with Gasteiger partial charge in [0.1, 0.15) is 5.60 Å². The van der Waals surface area contributed by atoms with Gasteiger partial charge in [-0.15, -0.1) is 0 Å². The maximum Gasteiger partial charge on any atom is 0.111 e. The lowest BCUT2D eigenvalue weighted by Crippen LogP contribution is -2.44. The molecule has 0 aliphatic heterocycles. The highest BCUT2D eigenvalue weighted by Crippen LogP contribution is 2.50. The third kappa shape index (κ3) is 4.12. The average molecular weight is 445 g/mol. The smallest absolute Gasteiger partial charge is 0.111 e. The van der Waals surface area contributed by atoms with Gasteiger partial charge in [-0.2, -0.15) is 0 Å². The SMILES string of the molecule is CC(C)(C)S(=O)C1=CC=CC1C(O)(c1ccccc1)C1C=CC=C1S(=O)C(C)(C)C. The van der Waals surface area contributed by atoms with Gasteiger partial charge in [0, 0.05) is 31.1 Å². The topological polar surface area (TPSA) is 54.4 Å². The Morgan fingerprint density at radius 3 is 1.50 bits per heavy atom. The maximum absolute atomic E-state index is 13.3. The number of rotatable bonds is 5. The van der Waals surface area contributed by atoms with Crippen molar-refractivity contribution in [3.63, 3.8) is 0 Å². The van der Waals surface area contributed by atoms with Crippen LogP contribution in [0.2, 0.25) is 0 Å². The minimum absolute atomic E-state index is 0.452. The Hall–Kier alpha value is -1.56. The van der Waals surface area contributed by atoms with E-state index in [-0.39, 0.29) is 0 Å². The van der Waals surface area contributed by atoms with E-state index in [0.717, 1.165) is 5.56 Å². The van der Waals surface area contributed by atoms with Crippen molar-refractivity contribution < 1.29 is 13.5 Å². The fraction of sp³-hybridized carbons (Fsp3) is 0.440.